The monoisotopic (exact) mass is 182 g/mol. The molecule has 0 aliphatic rings. The molecule has 0 N–H and O–H groups in total. The highest BCUT2D eigenvalue weighted by Gasteiger charge is 2.01. The quantitative estimate of drug-likeness (QED) is 0.449. The van der Waals surface area contributed by atoms with E-state index >= 15 is 0 Å². The fourth-order valence-corrected chi connectivity index (χ4v) is 1.69. The summed E-state index contributed by atoms with van der Waals surface area (Å²) in [6.07, 6.45) is 11.8. The molecule has 0 amide bonds. The highest BCUT2D eigenvalue weighted by Crippen LogP contribution is 2.17. The average Bonchev–Trinajstić information content (AvgIpc) is 2.17. The number of unbranched alkanes of at least 4 members (excludes halogenated alkanes) is 5. The summed E-state index contributed by atoms with van der Waals surface area (Å²) in [5.41, 5.74) is 0. The molecule has 0 fully saturated rings. The van der Waals surface area contributed by atoms with Gasteiger partial charge in [-0.25, -0.2) is 0 Å². The first kappa shape index (κ1) is 13.0. The second-order valence-electron chi connectivity index (χ2n) is 3.97. The lowest BCUT2D eigenvalue weighted by Crippen LogP contribution is -1.96. The van der Waals surface area contributed by atoms with Crippen LogP contribution in [0.15, 0.2) is 0 Å². The van der Waals surface area contributed by atoms with Gasteiger partial charge in [0, 0.05) is 0 Å². The molecule has 0 aliphatic carbocycles. The van der Waals surface area contributed by atoms with Crippen molar-refractivity contribution in [2.75, 3.05) is 0 Å². The Morgan fingerprint density at radius 3 is 2.08 bits per heavy atom. The third-order valence-corrected chi connectivity index (χ3v) is 2.85. The maximum absolute atomic E-state index is 3.98. The van der Waals surface area contributed by atoms with Crippen LogP contribution in [0.5, 0.6) is 0 Å². The molecule has 0 spiro atoms. The topological polar surface area (TPSA) is 0 Å². The third-order valence-electron chi connectivity index (χ3n) is 2.85. The third kappa shape index (κ3) is 8.33. The molecular weight excluding hydrogens is 156 g/mol. The summed E-state index contributed by atoms with van der Waals surface area (Å²) in [5.74, 6) is 0.882. The Kier molecular flexibility index (Phi) is 10.1. The number of hydrogen-bond acceptors (Lipinski definition) is 0. The first-order valence-corrected chi connectivity index (χ1v) is 5.93. The fraction of sp³-hybridized carbons (Fsp3) is 0.846. The van der Waals surface area contributed by atoms with E-state index in [1.165, 1.54) is 44.9 Å². The second kappa shape index (κ2) is 10.1. The Labute approximate surface area is 85.1 Å². The van der Waals surface area contributed by atoms with Crippen LogP contribution in [-0.4, -0.2) is 0 Å². The molecule has 0 aromatic rings. The summed E-state index contributed by atoms with van der Waals surface area (Å²) in [7, 11) is 0. The zero-order valence-electron chi connectivity index (χ0n) is 9.36. The molecule has 0 aromatic carbocycles. The van der Waals surface area contributed by atoms with Gasteiger partial charge in [-0.05, 0) is 5.92 Å². The first-order chi connectivity index (χ1) is 6.35. The van der Waals surface area contributed by atoms with Crippen molar-refractivity contribution in [3.05, 3.63) is 13.8 Å². The van der Waals surface area contributed by atoms with Crippen molar-refractivity contribution in [1.29, 1.82) is 0 Å². The molecule has 0 saturated heterocycles. The Morgan fingerprint density at radius 1 is 0.923 bits per heavy atom. The van der Waals surface area contributed by atoms with Crippen molar-refractivity contribution in [2.24, 2.45) is 5.92 Å². The molecular formula is C13H26. The van der Waals surface area contributed by atoms with Gasteiger partial charge in [-0.2, -0.15) is 0 Å². The Morgan fingerprint density at radius 2 is 1.54 bits per heavy atom. The van der Waals surface area contributed by atoms with Gasteiger partial charge in [0.05, 0.1) is 0 Å². The van der Waals surface area contributed by atoms with Crippen LogP contribution in [0.4, 0.5) is 0 Å². The summed E-state index contributed by atoms with van der Waals surface area (Å²) < 4.78 is 0. The van der Waals surface area contributed by atoms with Crippen molar-refractivity contribution >= 4 is 0 Å². The van der Waals surface area contributed by atoms with Crippen LogP contribution < -0.4 is 0 Å². The van der Waals surface area contributed by atoms with Crippen LogP contribution in [0.1, 0.15) is 64.7 Å². The van der Waals surface area contributed by atoms with Gasteiger partial charge < -0.3 is 0 Å². The van der Waals surface area contributed by atoms with Crippen molar-refractivity contribution in [3.8, 4) is 0 Å². The smallest absolute Gasteiger partial charge is 0.0417 e. The van der Waals surface area contributed by atoms with Crippen molar-refractivity contribution in [2.45, 2.75) is 64.7 Å². The van der Waals surface area contributed by atoms with E-state index < -0.39 is 0 Å². The van der Waals surface area contributed by atoms with Crippen molar-refractivity contribution in [1.82, 2.24) is 0 Å². The van der Waals surface area contributed by atoms with Crippen LogP contribution >= 0.6 is 0 Å². The van der Waals surface area contributed by atoms with E-state index in [1.807, 2.05) is 0 Å². The van der Waals surface area contributed by atoms with Crippen molar-refractivity contribution < 1.29 is 0 Å². The zero-order chi connectivity index (χ0) is 9.94. The minimum atomic E-state index is 0.882. The summed E-state index contributed by atoms with van der Waals surface area (Å²) >= 11 is 0. The molecule has 0 heteroatoms. The van der Waals surface area contributed by atoms with Gasteiger partial charge in [-0.1, -0.05) is 78.6 Å². The normalized spacial score (nSPS) is 11.1. The lowest BCUT2D eigenvalue weighted by molar-refractivity contribution is 0.442. The molecule has 1 atom stereocenters. The maximum Gasteiger partial charge on any atom is -0.0417 e. The van der Waals surface area contributed by atoms with Crippen molar-refractivity contribution in [3.63, 3.8) is 0 Å². The van der Waals surface area contributed by atoms with Gasteiger partial charge in [0.1, 0.15) is 0 Å². The molecule has 78 valence electrons. The molecule has 1 unspecified atom stereocenters. The summed E-state index contributed by atoms with van der Waals surface area (Å²) in [4.78, 5) is 0. The second-order valence-corrected chi connectivity index (χ2v) is 3.97. The molecule has 0 nitrogen and oxygen atoms in total. The standard InChI is InChI=1S/C13H26/c1-4-7-8-9-10-11-12-13(5-2)6-3/h13H,1-2,4-12H2,3H3. The van der Waals surface area contributed by atoms with Gasteiger partial charge in [0.15, 0.2) is 0 Å². The SMILES string of the molecule is [CH2]CCCCCCCC(C[CH2])CC. The lowest BCUT2D eigenvalue weighted by Gasteiger charge is -2.10. The Hall–Kier alpha value is 0. The summed E-state index contributed by atoms with van der Waals surface area (Å²) in [5, 5.41) is 0. The minimum absolute atomic E-state index is 0.882. The van der Waals surface area contributed by atoms with Gasteiger partial charge in [-0.15, -0.1) is 0 Å². The molecule has 13 heavy (non-hydrogen) atoms. The van der Waals surface area contributed by atoms with E-state index in [-0.39, 0.29) is 0 Å². The summed E-state index contributed by atoms with van der Waals surface area (Å²) in [6.45, 7) is 10.1. The largest absolute Gasteiger partial charge is 0.0651 e. The van der Waals surface area contributed by atoms with E-state index in [0.717, 1.165) is 18.8 Å². The molecule has 2 radical (unpaired) electrons. The fourth-order valence-electron chi connectivity index (χ4n) is 1.69. The number of hydrogen-bond donors (Lipinski definition) is 0. The molecule has 0 aliphatic heterocycles. The van der Waals surface area contributed by atoms with Gasteiger partial charge >= 0.3 is 0 Å². The van der Waals surface area contributed by atoms with E-state index in [0.29, 0.717) is 0 Å². The Balaban J connectivity index is 3.05. The van der Waals surface area contributed by atoms with E-state index in [1.54, 1.807) is 0 Å². The lowest BCUT2D eigenvalue weighted by atomic mass is 9.96. The van der Waals surface area contributed by atoms with Gasteiger partial charge in [0.2, 0.25) is 0 Å². The van der Waals surface area contributed by atoms with Crippen LogP contribution in [0.2, 0.25) is 0 Å². The van der Waals surface area contributed by atoms with E-state index in [2.05, 4.69) is 20.8 Å². The molecule has 0 bridgehead atoms. The first-order valence-electron chi connectivity index (χ1n) is 5.93. The number of rotatable bonds is 9. The maximum atomic E-state index is 3.98. The molecule has 0 saturated carbocycles. The highest BCUT2D eigenvalue weighted by molar-refractivity contribution is 4.58. The minimum Gasteiger partial charge on any atom is -0.0651 e. The zero-order valence-corrected chi connectivity index (χ0v) is 9.36. The average molecular weight is 182 g/mol. The van der Waals surface area contributed by atoms with E-state index in [9.17, 15) is 0 Å². The summed E-state index contributed by atoms with van der Waals surface area (Å²) in [6, 6.07) is 0. The highest BCUT2D eigenvalue weighted by atomic mass is 14.1. The molecule has 0 rings (SSSR count). The molecule has 0 aromatic heterocycles. The predicted octanol–water partition coefficient (Wildman–Crippen LogP) is 4.80. The molecule has 0 heterocycles. The Bertz CT molecular complexity index is 82.0. The van der Waals surface area contributed by atoms with Crippen LogP contribution in [0, 0.1) is 19.8 Å². The van der Waals surface area contributed by atoms with Crippen LogP contribution in [-0.2, 0) is 0 Å². The van der Waals surface area contributed by atoms with Gasteiger partial charge in [-0.3, -0.25) is 0 Å². The van der Waals surface area contributed by atoms with Gasteiger partial charge in [0.25, 0.3) is 0 Å². The van der Waals surface area contributed by atoms with Crippen LogP contribution in [0.25, 0.3) is 0 Å². The van der Waals surface area contributed by atoms with E-state index in [4.69, 9.17) is 0 Å². The van der Waals surface area contributed by atoms with Crippen LogP contribution in [0.3, 0.4) is 0 Å². The predicted molar refractivity (Wildman–Crippen MR) is 61.4 cm³/mol.